The maximum atomic E-state index is 13.1. The molecule has 2 heterocycles. The van der Waals surface area contributed by atoms with Crippen molar-refractivity contribution in [2.24, 2.45) is 0 Å². The third-order valence-corrected chi connectivity index (χ3v) is 1.74. The number of halogens is 1. The van der Waals surface area contributed by atoms with Crippen molar-refractivity contribution >= 4 is 5.82 Å². The van der Waals surface area contributed by atoms with Crippen molar-refractivity contribution in [1.29, 1.82) is 0 Å². The average molecular weight is 208 g/mol. The molecule has 0 fully saturated rings. The first-order chi connectivity index (χ1) is 7.25. The van der Waals surface area contributed by atoms with Gasteiger partial charge in [0.2, 0.25) is 5.89 Å². The molecule has 0 spiro atoms. The number of aryl methyl sites for hydroxylation is 1. The monoisotopic (exact) mass is 208 g/mol. The summed E-state index contributed by atoms with van der Waals surface area (Å²) in [7, 11) is 0. The fourth-order valence-corrected chi connectivity index (χ4v) is 1.09. The second-order valence-corrected chi connectivity index (χ2v) is 2.92. The Morgan fingerprint density at radius 2 is 2.40 bits per heavy atom. The molecule has 2 aromatic heterocycles. The number of rotatable bonds is 3. The van der Waals surface area contributed by atoms with Gasteiger partial charge < -0.3 is 9.84 Å². The van der Waals surface area contributed by atoms with Gasteiger partial charge in [0.05, 0.1) is 6.54 Å². The lowest BCUT2D eigenvalue weighted by Gasteiger charge is -2.01. The van der Waals surface area contributed by atoms with E-state index in [4.69, 9.17) is 4.52 Å². The maximum absolute atomic E-state index is 13.1. The van der Waals surface area contributed by atoms with Gasteiger partial charge in [-0.1, -0.05) is 5.16 Å². The number of aromatic nitrogens is 3. The van der Waals surface area contributed by atoms with Crippen molar-refractivity contribution in [1.82, 2.24) is 15.1 Å². The highest BCUT2D eigenvalue weighted by Crippen LogP contribution is 2.09. The molecule has 15 heavy (non-hydrogen) atoms. The molecule has 0 aliphatic heterocycles. The molecule has 5 nitrogen and oxygen atoms in total. The highest BCUT2D eigenvalue weighted by molar-refractivity contribution is 5.35. The van der Waals surface area contributed by atoms with E-state index in [1.54, 1.807) is 6.92 Å². The van der Waals surface area contributed by atoms with Crippen molar-refractivity contribution in [3.8, 4) is 0 Å². The van der Waals surface area contributed by atoms with Crippen LogP contribution in [0.4, 0.5) is 10.2 Å². The second-order valence-electron chi connectivity index (χ2n) is 2.92. The van der Waals surface area contributed by atoms with Crippen molar-refractivity contribution < 1.29 is 8.91 Å². The zero-order valence-corrected chi connectivity index (χ0v) is 8.07. The predicted molar refractivity (Wildman–Crippen MR) is 50.6 cm³/mol. The van der Waals surface area contributed by atoms with Gasteiger partial charge in [0, 0.05) is 6.20 Å². The Kier molecular flexibility index (Phi) is 2.57. The van der Waals surface area contributed by atoms with Crippen LogP contribution in [0.15, 0.2) is 22.9 Å². The first-order valence-electron chi connectivity index (χ1n) is 4.39. The van der Waals surface area contributed by atoms with Gasteiger partial charge in [-0.05, 0) is 19.1 Å². The molecule has 0 bridgehead atoms. The van der Waals surface area contributed by atoms with E-state index in [0.717, 1.165) is 0 Å². The predicted octanol–water partition coefficient (Wildman–Crippen LogP) is 1.52. The second kappa shape index (κ2) is 4.04. The minimum absolute atomic E-state index is 0.174. The standard InChI is InChI=1S/C9H9FN4O/c1-6-13-8(15-14-6)5-12-9-7(10)3-2-4-11-9/h2-4H,5H2,1H3,(H,11,12). The summed E-state index contributed by atoms with van der Waals surface area (Å²) < 4.78 is 18.0. The van der Waals surface area contributed by atoms with E-state index in [1.807, 2.05) is 0 Å². The minimum Gasteiger partial charge on any atom is -0.359 e. The molecular weight excluding hydrogens is 199 g/mol. The maximum Gasteiger partial charge on any atom is 0.245 e. The summed E-state index contributed by atoms with van der Waals surface area (Å²) in [4.78, 5) is 7.79. The molecule has 2 aromatic rings. The molecule has 0 amide bonds. The molecule has 0 saturated carbocycles. The molecule has 0 atom stereocenters. The molecule has 0 aromatic carbocycles. The summed E-state index contributed by atoms with van der Waals surface area (Å²) in [6, 6.07) is 2.85. The van der Waals surface area contributed by atoms with Crippen LogP contribution >= 0.6 is 0 Å². The van der Waals surface area contributed by atoms with Crippen LogP contribution in [-0.2, 0) is 6.54 Å². The van der Waals surface area contributed by atoms with Gasteiger partial charge in [-0.25, -0.2) is 9.37 Å². The van der Waals surface area contributed by atoms with Gasteiger partial charge in [-0.15, -0.1) is 0 Å². The molecule has 0 saturated heterocycles. The van der Waals surface area contributed by atoms with Crippen LogP contribution in [-0.4, -0.2) is 15.1 Å². The molecule has 78 valence electrons. The van der Waals surface area contributed by atoms with E-state index < -0.39 is 5.82 Å². The third kappa shape index (κ3) is 2.28. The zero-order valence-electron chi connectivity index (χ0n) is 8.07. The van der Waals surface area contributed by atoms with Crippen LogP contribution in [0.5, 0.6) is 0 Å². The summed E-state index contributed by atoms with van der Waals surface area (Å²) in [5.74, 6) is 0.716. The van der Waals surface area contributed by atoms with Crippen LogP contribution in [0.2, 0.25) is 0 Å². The van der Waals surface area contributed by atoms with Crippen LogP contribution in [0, 0.1) is 12.7 Å². The first kappa shape index (κ1) is 9.57. The molecular formula is C9H9FN4O. The number of hydrogen-bond acceptors (Lipinski definition) is 5. The number of nitrogens with zero attached hydrogens (tertiary/aromatic N) is 3. The Bertz CT molecular complexity index is 457. The summed E-state index contributed by atoms with van der Waals surface area (Å²) in [5.41, 5.74) is 0. The molecule has 2 rings (SSSR count). The minimum atomic E-state index is -0.409. The molecule has 1 N–H and O–H groups in total. The van der Waals surface area contributed by atoms with Gasteiger partial charge in [0.1, 0.15) is 0 Å². The van der Waals surface area contributed by atoms with E-state index in [-0.39, 0.29) is 12.4 Å². The lowest BCUT2D eigenvalue weighted by atomic mass is 10.4. The average Bonchev–Trinajstić information content (AvgIpc) is 2.63. The molecule has 0 radical (unpaired) electrons. The lowest BCUT2D eigenvalue weighted by Crippen LogP contribution is -2.03. The Labute approximate surface area is 85.3 Å². The van der Waals surface area contributed by atoms with Gasteiger partial charge in [-0.3, -0.25) is 0 Å². The van der Waals surface area contributed by atoms with Gasteiger partial charge in [-0.2, -0.15) is 4.98 Å². The number of nitrogens with one attached hydrogen (secondary N) is 1. The SMILES string of the molecule is Cc1noc(CNc2ncccc2F)n1. The van der Waals surface area contributed by atoms with Crippen LogP contribution in [0.3, 0.4) is 0 Å². The largest absolute Gasteiger partial charge is 0.359 e. The van der Waals surface area contributed by atoms with E-state index in [9.17, 15) is 4.39 Å². The first-order valence-corrected chi connectivity index (χ1v) is 4.39. The Morgan fingerprint density at radius 1 is 1.53 bits per heavy atom. The third-order valence-electron chi connectivity index (χ3n) is 1.74. The Hall–Kier alpha value is -1.98. The fourth-order valence-electron chi connectivity index (χ4n) is 1.09. The van der Waals surface area contributed by atoms with E-state index in [0.29, 0.717) is 11.7 Å². The summed E-state index contributed by atoms with van der Waals surface area (Å²) in [6.07, 6.45) is 1.50. The van der Waals surface area contributed by atoms with E-state index in [1.165, 1.54) is 18.3 Å². The number of hydrogen-bond donors (Lipinski definition) is 1. The number of pyridine rings is 1. The number of anilines is 1. The topological polar surface area (TPSA) is 63.8 Å². The summed E-state index contributed by atoms with van der Waals surface area (Å²) in [5, 5.41) is 6.37. The van der Waals surface area contributed by atoms with Crippen LogP contribution < -0.4 is 5.32 Å². The highest BCUT2D eigenvalue weighted by Gasteiger charge is 2.05. The van der Waals surface area contributed by atoms with Crippen molar-refractivity contribution in [2.45, 2.75) is 13.5 Å². The lowest BCUT2D eigenvalue weighted by molar-refractivity contribution is 0.379. The molecule has 6 heteroatoms. The van der Waals surface area contributed by atoms with Crippen molar-refractivity contribution in [3.63, 3.8) is 0 Å². The van der Waals surface area contributed by atoms with Crippen molar-refractivity contribution in [2.75, 3.05) is 5.32 Å². The van der Waals surface area contributed by atoms with Gasteiger partial charge in [0.15, 0.2) is 17.5 Å². The van der Waals surface area contributed by atoms with Crippen molar-refractivity contribution in [3.05, 3.63) is 35.9 Å². The van der Waals surface area contributed by atoms with Gasteiger partial charge in [0.25, 0.3) is 0 Å². The molecule has 0 unspecified atom stereocenters. The highest BCUT2D eigenvalue weighted by atomic mass is 19.1. The van der Waals surface area contributed by atoms with Crippen LogP contribution in [0.25, 0.3) is 0 Å². The van der Waals surface area contributed by atoms with Crippen LogP contribution in [0.1, 0.15) is 11.7 Å². The van der Waals surface area contributed by atoms with Gasteiger partial charge >= 0.3 is 0 Å². The Morgan fingerprint density at radius 3 is 3.07 bits per heavy atom. The summed E-state index contributed by atoms with van der Waals surface area (Å²) in [6.45, 7) is 1.98. The van der Waals surface area contributed by atoms with E-state index >= 15 is 0 Å². The fraction of sp³-hybridized carbons (Fsp3) is 0.222. The Balaban J connectivity index is 2.02. The normalized spacial score (nSPS) is 10.3. The zero-order chi connectivity index (χ0) is 10.7. The quantitative estimate of drug-likeness (QED) is 0.828. The smallest absolute Gasteiger partial charge is 0.245 e. The molecule has 0 aliphatic rings. The molecule has 0 aliphatic carbocycles. The van der Waals surface area contributed by atoms with E-state index in [2.05, 4.69) is 20.4 Å². The summed E-state index contributed by atoms with van der Waals surface area (Å²) >= 11 is 0.